The van der Waals surface area contributed by atoms with E-state index in [0.29, 0.717) is 5.56 Å². The first kappa shape index (κ1) is 59.7. The molecule has 101 heavy (non-hydrogen) atoms. The fourth-order valence-corrected chi connectivity index (χ4v) is 15.7. The molecule has 0 aliphatic carbocycles. The van der Waals surface area contributed by atoms with E-state index in [1.54, 1.807) is 0 Å². The number of anilines is 6. The van der Waals surface area contributed by atoms with Gasteiger partial charge in [0.05, 0.1) is 57.7 Å². The van der Waals surface area contributed by atoms with Gasteiger partial charge in [-0.05, 0) is 189 Å². The molecule has 14 aromatic rings. The minimum atomic E-state index is -0.468. The normalized spacial score (nSPS) is 15.0. The highest BCUT2D eigenvalue weighted by Gasteiger charge is 2.44. The number of hydrogen-bond donors (Lipinski definition) is 0. The van der Waals surface area contributed by atoms with Crippen LogP contribution < -0.4 is 9.80 Å². The maximum absolute atomic E-state index is 9.58. The molecular weight excluding hydrogens is 1220 g/mol. The Balaban J connectivity index is 1.06. The van der Waals surface area contributed by atoms with Gasteiger partial charge in [-0.3, -0.25) is 0 Å². The third-order valence-corrected chi connectivity index (χ3v) is 21.6. The Hall–Kier alpha value is -10.2. The number of furan rings is 1. The lowest BCUT2D eigenvalue weighted by Crippen LogP contribution is -2.31. The second kappa shape index (κ2) is 23.2. The zero-order valence-electron chi connectivity index (χ0n) is 67.0. The van der Waals surface area contributed by atoms with Crippen LogP contribution in [0.1, 0.15) is 187 Å². The minimum Gasteiger partial charge on any atom is -0.452 e. The Kier molecular flexibility index (Phi) is 13.7. The SMILES string of the molecule is [2H]c1c([2H])c([2H])c(-c2ccc3c(c2)C2c4ccc(-c5cc(C(C)(C)C)cc(C(C)(C)C)c5)cc4N(c4cccc5c4oc4c(-n6c7ccc(C(C)(C)C)cc7c7cc(C(C)(C)C)ccc76)cccc45)c4cc(C(C)(C)C)cc(c42)N3c2c(-c3ccccc3)cc(C(C)(C)C)cc2-c2ccccc2)c([2H])c1[2H]. The molecule has 16 rings (SSSR count). The Morgan fingerprint density at radius 1 is 0.297 bits per heavy atom. The summed E-state index contributed by atoms with van der Waals surface area (Å²) in [4.78, 5) is 5.02. The molecule has 0 fully saturated rings. The van der Waals surface area contributed by atoms with Crippen LogP contribution in [0.5, 0.6) is 0 Å². The van der Waals surface area contributed by atoms with E-state index in [-0.39, 0.29) is 56.8 Å². The van der Waals surface area contributed by atoms with Crippen molar-refractivity contribution in [2.75, 3.05) is 9.80 Å². The third-order valence-electron chi connectivity index (χ3n) is 21.6. The van der Waals surface area contributed by atoms with Gasteiger partial charge in [0, 0.05) is 44.2 Å². The van der Waals surface area contributed by atoms with Crippen molar-refractivity contribution in [3.8, 4) is 50.2 Å². The van der Waals surface area contributed by atoms with Crippen molar-refractivity contribution in [3.63, 3.8) is 0 Å². The highest BCUT2D eigenvalue weighted by Crippen LogP contribution is 2.64. The molecule has 0 bridgehead atoms. The maximum atomic E-state index is 9.58. The molecule has 0 spiro atoms. The van der Waals surface area contributed by atoms with Gasteiger partial charge in [0.1, 0.15) is 0 Å². The lowest BCUT2D eigenvalue weighted by molar-refractivity contribution is 0.569. The third kappa shape index (κ3) is 11.1. The van der Waals surface area contributed by atoms with E-state index in [1.807, 2.05) is 6.07 Å². The van der Waals surface area contributed by atoms with Gasteiger partial charge in [-0.25, -0.2) is 0 Å². The summed E-state index contributed by atoms with van der Waals surface area (Å²) in [7, 11) is 0. The molecule has 4 nitrogen and oxygen atoms in total. The fraction of sp³-hybridized carbons (Fsp3) is 0.258. The van der Waals surface area contributed by atoms with Crippen molar-refractivity contribution in [2.45, 2.75) is 163 Å². The molecule has 0 radical (unpaired) electrons. The molecule has 1 unspecified atom stereocenters. The number of fused-ring (bicyclic) bond motifs is 10. The van der Waals surface area contributed by atoms with Gasteiger partial charge in [0.2, 0.25) is 0 Å². The highest BCUT2D eigenvalue weighted by molar-refractivity contribution is 6.16. The number of nitrogens with zero attached hydrogens (tertiary/aromatic N) is 3. The fourth-order valence-electron chi connectivity index (χ4n) is 15.7. The molecule has 4 heteroatoms. The first-order valence-corrected chi connectivity index (χ1v) is 36.1. The van der Waals surface area contributed by atoms with Crippen LogP contribution in [0.2, 0.25) is 0 Å². The van der Waals surface area contributed by atoms with Gasteiger partial charge in [0.15, 0.2) is 11.2 Å². The van der Waals surface area contributed by atoms with Gasteiger partial charge in [-0.2, -0.15) is 0 Å². The van der Waals surface area contributed by atoms with E-state index >= 15 is 0 Å². The van der Waals surface area contributed by atoms with Gasteiger partial charge in [0.25, 0.3) is 0 Å². The summed E-state index contributed by atoms with van der Waals surface area (Å²) in [5.74, 6) is -0.468. The number of rotatable bonds is 7. The molecule has 0 saturated carbocycles. The van der Waals surface area contributed by atoms with E-state index in [0.717, 1.165) is 128 Å². The van der Waals surface area contributed by atoms with E-state index in [4.69, 9.17) is 8.53 Å². The van der Waals surface area contributed by atoms with E-state index in [2.05, 4.69) is 345 Å². The predicted molar refractivity (Wildman–Crippen MR) is 432 cm³/mol. The van der Waals surface area contributed by atoms with Crippen LogP contribution >= 0.6 is 0 Å². The molecule has 4 heterocycles. The zero-order chi connectivity index (χ0) is 75.1. The Morgan fingerprint density at radius 3 is 1.29 bits per heavy atom. The van der Waals surface area contributed by atoms with Crippen LogP contribution in [0.25, 0.3) is 93.9 Å². The Bertz CT molecular complexity index is 5780. The second-order valence-corrected chi connectivity index (χ2v) is 34.7. The van der Waals surface area contributed by atoms with Gasteiger partial charge in [-0.15, -0.1) is 0 Å². The smallest absolute Gasteiger partial charge is 0.159 e. The molecule has 2 aliphatic heterocycles. The molecule has 0 amide bonds. The van der Waals surface area contributed by atoms with Crippen LogP contribution in [-0.4, -0.2) is 4.57 Å². The summed E-state index contributed by atoms with van der Waals surface area (Å²) in [5.41, 5.74) is 26.9. The first-order valence-electron chi connectivity index (χ1n) is 38.6. The summed E-state index contributed by atoms with van der Waals surface area (Å²) in [6.07, 6.45) is 0. The number of benzene rings is 12. The first-order chi connectivity index (χ1) is 49.9. The summed E-state index contributed by atoms with van der Waals surface area (Å²) < 4.78 is 56.4. The topological polar surface area (TPSA) is 24.6 Å². The lowest BCUT2D eigenvalue weighted by atomic mass is 9.72. The predicted octanol–water partition coefficient (Wildman–Crippen LogP) is 27.9. The monoisotopic (exact) mass is 1320 g/mol. The van der Waals surface area contributed by atoms with Crippen LogP contribution in [0.3, 0.4) is 0 Å². The van der Waals surface area contributed by atoms with Crippen molar-refractivity contribution in [3.05, 3.63) is 293 Å². The van der Waals surface area contributed by atoms with E-state index in [1.165, 1.54) is 38.6 Å². The van der Waals surface area contributed by atoms with E-state index in [9.17, 15) is 2.74 Å². The zero-order valence-corrected chi connectivity index (χ0v) is 62.0. The summed E-state index contributed by atoms with van der Waals surface area (Å²) >= 11 is 0. The molecule has 1 atom stereocenters. The van der Waals surface area contributed by atoms with Gasteiger partial charge < -0.3 is 18.8 Å². The van der Waals surface area contributed by atoms with Crippen LogP contribution in [0, 0.1) is 0 Å². The molecule has 0 saturated heterocycles. The van der Waals surface area contributed by atoms with Crippen LogP contribution in [-0.2, 0) is 32.5 Å². The lowest BCUT2D eigenvalue weighted by Gasteiger charge is -2.47. The number of aromatic nitrogens is 1. The van der Waals surface area contributed by atoms with Crippen LogP contribution in [0.15, 0.2) is 247 Å². The number of para-hydroxylation sites is 2. The van der Waals surface area contributed by atoms with Crippen LogP contribution in [0.4, 0.5) is 34.1 Å². The summed E-state index contributed by atoms with van der Waals surface area (Å²) in [6.45, 7) is 41.3. The number of hydrogen-bond acceptors (Lipinski definition) is 3. The summed E-state index contributed by atoms with van der Waals surface area (Å²) in [6, 6.07) is 77.4. The largest absolute Gasteiger partial charge is 0.452 e. The average Bonchev–Trinajstić information content (AvgIpc) is 0.731. The minimum absolute atomic E-state index is 0.0720. The molecular formula is C97H95N3O. The molecule has 0 N–H and O–H groups in total. The second-order valence-electron chi connectivity index (χ2n) is 34.7. The van der Waals surface area contributed by atoms with Crippen molar-refractivity contribution in [1.82, 2.24) is 4.57 Å². The molecule has 2 aliphatic rings. The van der Waals surface area contributed by atoms with Crippen molar-refractivity contribution in [1.29, 1.82) is 0 Å². The molecule has 2 aromatic heterocycles. The molecule has 504 valence electrons. The van der Waals surface area contributed by atoms with Crippen molar-refractivity contribution < 1.29 is 11.3 Å². The maximum Gasteiger partial charge on any atom is 0.159 e. The Morgan fingerprint density at radius 2 is 0.762 bits per heavy atom. The standard InChI is InChI=1S/C97H95N3O/c1-92(2,3)65-42-46-79-76(53-65)77-54-66(93(4,5)6)43-47-80(77)98(79)82-38-28-36-71-72-37-29-39-83(91(72)101-90(71)82)99-84-51-63(64-48-67(94(7,8)9)52-68(49-64)95(10,11)12)40-44-73(84)87-78-50-62(59-30-22-19-23-31-59)41-45-81(78)100(86-58-70(97(16,17)18)57-85(99)88(86)87)89-74(60-32-24-20-25-33-60)55-69(96(13,14)15)56-75(89)61-34-26-21-27-35-61/h19-58,87H,1-18H3/i19D,22D,23D,30D,31D. The van der Waals surface area contributed by atoms with Gasteiger partial charge in [-0.1, -0.05) is 288 Å². The summed E-state index contributed by atoms with van der Waals surface area (Å²) in [5, 5.41) is 4.40. The Labute approximate surface area is 606 Å². The quantitative estimate of drug-likeness (QED) is 0.159. The van der Waals surface area contributed by atoms with Crippen molar-refractivity contribution >= 4 is 77.9 Å². The van der Waals surface area contributed by atoms with E-state index < -0.39 is 17.4 Å². The average molecular weight is 1320 g/mol. The van der Waals surface area contributed by atoms with Crippen molar-refractivity contribution in [2.24, 2.45) is 0 Å². The molecule has 12 aromatic carbocycles. The highest BCUT2D eigenvalue weighted by atomic mass is 16.3. The van der Waals surface area contributed by atoms with Gasteiger partial charge >= 0.3 is 0 Å².